The minimum absolute atomic E-state index is 0.00154. The maximum absolute atomic E-state index is 11.5. The summed E-state index contributed by atoms with van der Waals surface area (Å²) in [5.41, 5.74) is 0. The number of sulfonamides is 1. The summed E-state index contributed by atoms with van der Waals surface area (Å²) in [5.74, 6) is 0.00154. The first-order chi connectivity index (χ1) is 8.93. The predicted molar refractivity (Wildman–Crippen MR) is 76.3 cm³/mol. The number of nitrogens with two attached hydrogens (primary N) is 1. The number of carbonyl (C=O) groups excluding carboxylic acids is 1. The SMILES string of the molecule is CCCCCCC(=O)NCc1ccc(S(N)(=O)=O)s1. The quantitative estimate of drug-likeness (QED) is 0.720. The molecule has 0 aliphatic carbocycles. The highest BCUT2D eigenvalue weighted by molar-refractivity contribution is 7.91. The van der Waals surface area contributed by atoms with Gasteiger partial charge in [0.1, 0.15) is 4.21 Å². The number of unbranched alkanes of at least 4 members (excludes halogenated alkanes) is 3. The number of carbonyl (C=O) groups is 1. The zero-order chi connectivity index (χ0) is 14.3. The van der Waals surface area contributed by atoms with Crippen molar-refractivity contribution in [1.82, 2.24) is 5.32 Å². The number of nitrogens with one attached hydrogen (secondary N) is 1. The van der Waals surface area contributed by atoms with Crippen molar-refractivity contribution >= 4 is 27.3 Å². The van der Waals surface area contributed by atoms with E-state index < -0.39 is 10.0 Å². The summed E-state index contributed by atoms with van der Waals surface area (Å²) >= 11 is 1.09. The molecule has 0 saturated heterocycles. The highest BCUT2D eigenvalue weighted by Crippen LogP contribution is 2.19. The summed E-state index contributed by atoms with van der Waals surface area (Å²) in [7, 11) is -3.64. The fraction of sp³-hybridized carbons (Fsp3) is 0.583. The highest BCUT2D eigenvalue weighted by Gasteiger charge is 2.11. The molecule has 1 aromatic rings. The molecule has 0 atom stereocenters. The molecule has 0 unspecified atom stereocenters. The van der Waals surface area contributed by atoms with Crippen molar-refractivity contribution in [3.8, 4) is 0 Å². The maximum atomic E-state index is 11.5. The zero-order valence-corrected chi connectivity index (χ0v) is 12.6. The van der Waals surface area contributed by atoms with Gasteiger partial charge in [0.25, 0.3) is 0 Å². The lowest BCUT2D eigenvalue weighted by molar-refractivity contribution is -0.121. The van der Waals surface area contributed by atoms with Gasteiger partial charge in [0.15, 0.2) is 0 Å². The molecule has 19 heavy (non-hydrogen) atoms. The Kier molecular flexibility index (Phi) is 6.47. The second-order valence-corrected chi connectivity index (χ2v) is 7.31. The average Bonchev–Trinajstić information content (AvgIpc) is 2.81. The molecule has 0 aromatic carbocycles. The van der Waals surface area contributed by atoms with Crippen LogP contribution < -0.4 is 10.5 Å². The van der Waals surface area contributed by atoms with E-state index >= 15 is 0 Å². The lowest BCUT2D eigenvalue weighted by Crippen LogP contribution is -2.21. The van der Waals surface area contributed by atoms with Crippen LogP contribution in [-0.4, -0.2) is 14.3 Å². The highest BCUT2D eigenvalue weighted by atomic mass is 32.2. The van der Waals surface area contributed by atoms with Gasteiger partial charge in [-0.1, -0.05) is 26.2 Å². The molecule has 0 saturated carbocycles. The summed E-state index contributed by atoms with van der Waals surface area (Å²) in [4.78, 5) is 12.3. The van der Waals surface area contributed by atoms with Gasteiger partial charge in [-0.2, -0.15) is 0 Å². The number of amides is 1. The van der Waals surface area contributed by atoms with Crippen molar-refractivity contribution in [2.75, 3.05) is 0 Å². The normalized spacial score (nSPS) is 11.5. The van der Waals surface area contributed by atoms with Gasteiger partial charge in [0, 0.05) is 11.3 Å². The van der Waals surface area contributed by atoms with E-state index in [1.54, 1.807) is 6.07 Å². The van der Waals surface area contributed by atoms with Crippen LogP contribution in [0.3, 0.4) is 0 Å². The fourth-order valence-electron chi connectivity index (χ4n) is 1.59. The number of rotatable bonds is 8. The van der Waals surface area contributed by atoms with Crippen LogP contribution in [0.5, 0.6) is 0 Å². The van der Waals surface area contributed by atoms with E-state index in [0.717, 1.165) is 41.9 Å². The molecule has 1 amide bonds. The largest absolute Gasteiger partial charge is 0.351 e. The Balaban J connectivity index is 2.32. The number of primary sulfonamides is 1. The molecular formula is C12H20N2O3S2. The third-order valence-electron chi connectivity index (χ3n) is 2.63. The van der Waals surface area contributed by atoms with Crippen LogP contribution in [0.15, 0.2) is 16.3 Å². The summed E-state index contributed by atoms with van der Waals surface area (Å²) in [5, 5.41) is 7.79. The average molecular weight is 304 g/mol. The van der Waals surface area contributed by atoms with Crippen LogP contribution in [0.2, 0.25) is 0 Å². The van der Waals surface area contributed by atoms with E-state index in [9.17, 15) is 13.2 Å². The van der Waals surface area contributed by atoms with Gasteiger partial charge >= 0.3 is 0 Å². The summed E-state index contributed by atoms with van der Waals surface area (Å²) in [6.07, 6.45) is 4.78. The van der Waals surface area contributed by atoms with Crippen molar-refractivity contribution in [3.05, 3.63) is 17.0 Å². The van der Waals surface area contributed by atoms with E-state index in [1.165, 1.54) is 6.07 Å². The van der Waals surface area contributed by atoms with Crippen molar-refractivity contribution in [1.29, 1.82) is 0 Å². The molecule has 0 fully saturated rings. The Hall–Kier alpha value is -0.920. The van der Waals surface area contributed by atoms with Gasteiger partial charge in [0.05, 0.1) is 6.54 Å². The lowest BCUT2D eigenvalue weighted by Gasteiger charge is -2.03. The lowest BCUT2D eigenvalue weighted by atomic mass is 10.1. The molecule has 7 heteroatoms. The van der Waals surface area contributed by atoms with Crippen LogP contribution in [0, 0.1) is 0 Å². The second kappa shape index (κ2) is 7.62. The predicted octanol–water partition coefficient (Wildman–Crippen LogP) is 1.98. The zero-order valence-electron chi connectivity index (χ0n) is 11.0. The molecule has 1 heterocycles. The number of hydrogen-bond acceptors (Lipinski definition) is 4. The van der Waals surface area contributed by atoms with Gasteiger partial charge in [-0.25, -0.2) is 13.6 Å². The molecule has 5 nitrogen and oxygen atoms in total. The van der Waals surface area contributed by atoms with E-state index in [1.807, 2.05) is 0 Å². The first kappa shape index (κ1) is 16.1. The van der Waals surface area contributed by atoms with Gasteiger partial charge < -0.3 is 5.32 Å². The number of hydrogen-bond donors (Lipinski definition) is 2. The molecule has 3 N–H and O–H groups in total. The molecule has 0 spiro atoms. The summed E-state index contributed by atoms with van der Waals surface area (Å²) in [6, 6.07) is 3.13. The van der Waals surface area contributed by atoms with Crippen LogP contribution in [0.1, 0.15) is 43.9 Å². The maximum Gasteiger partial charge on any atom is 0.247 e. The molecule has 1 aromatic heterocycles. The molecule has 0 bridgehead atoms. The van der Waals surface area contributed by atoms with Crippen molar-refractivity contribution < 1.29 is 13.2 Å². The summed E-state index contributed by atoms with van der Waals surface area (Å²) in [6.45, 7) is 2.48. The van der Waals surface area contributed by atoms with Crippen molar-refractivity contribution in [3.63, 3.8) is 0 Å². The molecule has 0 aliphatic rings. The fourth-order valence-corrected chi connectivity index (χ4v) is 3.31. The van der Waals surface area contributed by atoms with E-state index in [0.29, 0.717) is 13.0 Å². The second-order valence-electron chi connectivity index (χ2n) is 4.35. The van der Waals surface area contributed by atoms with Crippen LogP contribution in [-0.2, 0) is 21.4 Å². The van der Waals surface area contributed by atoms with Crippen LogP contribution >= 0.6 is 11.3 Å². The monoisotopic (exact) mass is 304 g/mol. The Bertz CT molecular complexity index is 509. The molecule has 0 aliphatic heterocycles. The first-order valence-electron chi connectivity index (χ1n) is 6.31. The van der Waals surface area contributed by atoms with Gasteiger partial charge in [0.2, 0.25) is 15.9 Å². The molecular weight excluding hydrogens is 284 g/mol. The Morgan fingerprint density at radius 1 is 1.32 bits per heavy atom. The minimum atomic E-state index is -3.64. The minimum Gasteiger partial charge on any atom is -0.351 e. The van der Waals surface area contributed by atoms with Crippen LogP contribution in [0.25, 0.3) is 0 Å². The van der Waals surface area contributed by atoms with Crippen molar-refractivity contribution in [2.45, 2.75) is 49.8 Å². The molecule has 0 radical (unpaired) electrons. The third kappa shape index (κ3) is 6.17. The topological polar surface area (TPSA) is 89.3 Å². The third-order valence-corrected chi connectivity index (χ3v) is 5.16. The first-order valence-corrected chi connectivity index (χ1v) is 8.68. The Labute approximate surface area is 118 Å². The Morgan fingerprint density at radius 3 is 2.63 bits per heavy atom. The van der Waals surface area contributed by atoms with Gasteiger partial charge in [-0.15, -0.1) is 11.3 Å². The standard InChI is InChI=1S/C12H20N2O3S2/c1-2-3-4-5-6-11(15)14-9-10-7-8-12(18-10)19(13,16)17/h7-8H,2-6,9H2,1H3,(H,14,15)(H2,13,16,17). The molecule has 1 rings (SSSR count). The van der Waals surface area contributed by atoms with Crippen LogP contribution in [0.4, 0.5) is 0 Å². The van der Waals surface area contributed by atoms with Gasteiger partial charge in [-0.3, -0.25) is 4.79 Å². The van der Waals surface area contributed by atoms with E-state index in [-0.39, 0.29) is 10.1 Å². The molecule has 108 valence electrons. The smallest absolute Gasteiger partial charge is 0.247 e. The summed E-state index contributed by atoms with van der Waals surface area (Å²) < 4.78 is 22.3. The Morgan fingerprint density at radius 2 is 2.05 bits per heavy atom. The van der Waals surface area contributed by atoms with E-state index in [4.69, 9.17) is 5.14 Å². The van der Waals surface area contributed by atoms with E-state index in [2.05, 4.69) is 12.2 Å². The number of thiophene rings is 1. The van der Waals surface area contributed by atoms with Crippen molar-refractivity contribution in [2.24, 2.45) is 5.14 Å². The van der Waals surface area contributed by atoms with Gasteiger partial charge in [-0.05, 0) is 18.6 Å².